The smallest absolute Gasteiger partial charge is 0.0651 e. The van der Waals surface area contributed by atoms with Gasteiger partial charge in [-0.05, 0) is 51.6 Å². The second-order valence-corrected chi connectivity index (χ2v) is 9.93. The van der Waals surface area contributed by atoms with Gasteiger partial charge in [0.2, 0.25) is 0 Å². The lowest BCUT2D eigenvalue weighted by Gasteiger charge is -2.38. The van der Waals surface area contributed by atoms with E-state index in [4.69, 9.17) is 0 Å². The van der Waals surface area contributed by atoms with Crippen molar-refractivity contribution >= 4 is 23.5 Å². The van der Waals surface area contributed by atoms with Crippen LogP contribution < -0.4 is 10.6 Å². The van der Waals surface area contributed by atoms with Gasteiger partial charge in [-0.2, -0.15) is 0 Å². The maximum absolute atomic E-state index is 3.56. The Morgan fingerprint density at radius 1 is 0.808 bits per heavy atom. The van der Waals surface area contributed by atoms with E-state index in [0.29, 0.717) is 0 Å². The molecule has 146 valence electrons. The molecule has 0 saturated carbocycles. The standard InChI is InChI=1S/C20H34N4S2/c1-3-23(15-5-7-17-19(11-15)25-13-21-17)9-10-24(4-2)16-6-8-18-20(12-16)26-14-22-18/h15-16,21-22H,3-14H2,1-2H3. The van der Waals surface area contributed by atoms with Crippen LogP contribution in [0.3, 0.4) is 0 Å². The normalized spacial score (nSPS) is 28.5. The van der Waals surface area contributed by atoms with Crippen LogP contribution in [0.5, 0.6) is 0 Å². The maximum Gasteiger partial charge on any atom is 0.0651 e. The molecule has 0 aromatic heterocycles. The molecular formula is C20H34N4S2. The van der Waals surface area contributed by atoms with Crippen LogP contribution in [0, 0.1) is 0 Å². The van der Waals surface area contributed by atoms with Crippen LogP contribution in [0.15, 0.2) is 21.2 Å². The van der Waals surface area contributed by atoms with Crippen molar-refractivity contribution < 1.29 is 0 Å². The zero-order valence-corrected chi connectivity index (χ0v) is 18.0. The van der Waals surface area contributed by atoms with E-state index < -0.39 is 0 Å². The van der Waals surface area contributed by atoms with Crippen LogP contribution in [0.1, 0.15) is 52.4 Å². The molecule has 2 aliphatic heterocycles. The molecule has 2 atom stereocenters. The van der Waals surface area contributed by atoms with Gasteiger partial charge in [0, 0.05) is 46.4 Å². The molecule has 6 heteroatoms. The van der Waals surface area contributed by atoms with Crippen molar-refractivity contribution in [2.24, 2.45) is 0 Å². The van der Waals surface area contributed by atoms with Gasteiger partial charge in [0.25, 0.3) is 0 Å². The minimum Gasteiger partial charge on any atom is -0.378 e. The largest absolute Gasteiger partial charge is 0.378 e. The number of nitrogens with zero attached hydrogens (tertiary/aromatic N) is 2. The van der Waals surface area contributed by atoms with Crippen LogP contribution in [-0.2, 0) is 0 Å². The predicted molar refractivity (Wildman–Crippen MR) is 115 cm³/mol. The van der Waals surface area contributed by atoms with E-state index in [1.54, 1.807) is 21.2 Å². The Morgan fingerprint density at radius 3 is 1.69 bits per heavy atom. The topological polar surface area (TPSA) is 30.5 Å². The average Bonchev–Trinajstić information content (AvgIpc) is 3.33. The number of nitrogens with one attached hydrogen (secondary N) is 2. The monoisotopic (exact) mass is 394 g/mol. The van der Waals surface area contributed by atoms with Crippen molar-refractivity contribution in [3.63, 3.8) is 0 Å². The molecule has 2 aliphatic carbocycles. The Hall–Kier alpha value is -0.300. The Bertz CT molecular complexity index is 524. The van der Waals surface area contributed by atoms with E-state index in [9.17, 15) is 0 Å². The van der Waals surface area contributed by atoms with Crippen molar-refractivity contribution in [3.8, 4) is 0 Å². The third kappa shape index (κ3) is 4.08. The molecule has 0 amide bonds. The SMILES string of the molecule is CCN(CCN(CC)C1CCC2=C(C1)SCN2)C1CCC2=C(C1)SCN2. The fraction of sp³-hybridized carbons (Fsp3) is 0.800. The zero-order valence-electron chi connectivity index (χ0n) is 16.4. The van der Waals surface area contributed by atoms with Gasteiger partial charge in [-0.25, -0.2) is 0 Å². The lowest BCUT2D eigenvalue weighted by molar-refractivity contribution is 0.130. The fourth-order valence-corrected chi connectivity index (χ4v) is 7.10. The van der Waals surface area contributed by atoms with Crippen LogP contribution in [-0.4, -0.2) is 59.8 Å². The van der Waals surface area contributed by atoms with E-state index in [1.807, 2.05) is 23.5 Å². The van der Waals surface area contributed by atoms with E-state index in [0.717, 1.165) is 23.8 Å². The molecule has 4 rings (SSSR count). The van der Waals surface area contributed by atoms with Gasteiger partial charge in [-0.1, -0.05) is 13.8 Å². The highest BCUT2D eigenvalue weighted by atomic mass is 32.2. The Labute approximate surface area is 167 Å². The van der Waals surface area contributed by atoms with Gasteiger partial charge >= 0.3 is 0 Å². The van der Waals surface area contributed by atoms with Crippen molar-refractivity contribution in [1.29, 1.82) is 0 Å². The van der Waals surface area contributed by atoms with Gasteiger partial charge in [0.05, 0.1) is 11.8 Å². The summed E-state index contributed by atoms with van der Waals surface area (Å²) in [6, 6.07) is 1.50. The van der Waals surface area contributed by atoms with Crippen molar-refractivity contribution in [3.05, 3.63) is 21.2 Å². The molecule has 0 radical (unpaired) electrons. The first-order valence-electron chi connectivity index (χ1n) is 10.4. The fourth-order valence-electron chi connectivity index (χ4n) is 4.94. The van der Waals surface area contributed by atoms with E-state index in [1.165, 1.54) is 64.7 Å². The predicted octanol–water partition coefficient (Wildman–Crippen LogP) is 3.75. The van der Waals surface area contributed by atoms with E-state index >= 15 is 0 Å². The lowest BCUT2D eigenvalue weighted by Crippen LogP contribution is -2.45. The quantitative estimate of drug-likeness (QED) is 0.684. The summed E-state index contributed by atoms with van der Waals surface area (Å²) in [7, 11) is 0. The van der Waals surface area contributed by atoms with Gasteiger partial charge in [0.15, 0.2) is 0 Å². The molecule has 4 aliphatic rings. The summed E-state index contributed by atoms with van der Waals surface area (Å²) in [5, 5.41) is 7.12. The molecule has 0 fully saturated rings. The molecular weight excluding hydrogens is 360 g/mol. The van der Waals surface area contributed by atoms with Crippen LogP contribution in [0.25, 0.3) is 0 Å². The summed E-state index contributed by atoms with van der Waals surface area (Å²) in [5.41, 5.74) is 3.10. The summed E-state index contributed by atoms with van der Waals surface area (Å²) in [6.07, 6.45) is 7.71. The minimum atomic E-state index is 0.750. The van der Waals surface area contributed by atoms with Gasteiger partial charge in [-0.3, -0.25) is 9.80 Å². The minimum absolute atomic E-state index is 0.750. The third-order valence-electron chi connectivity index (χ3n) is 6.55. The van der Waals surface area contributed by atoms with Gasteiger partial charge < -0.3 is 10.6 Å². The highest BCUT2D eigenvalue weighted by Crippen LogP contribution is 2.38. The Balaban J connectivity index is 1.31. The highest BCUT2D eigenvalue weighted by Gasteiger charge is 2.30. The van der Waals surface area contributed by atoms with Crippen LogP contribution in [0.2, 0.25) is 0 Å². The molecule has 0 spiro atoms. The molecule has 26 heavy (non-hydrogen) atoms. The first kappa shape index (κ1) is 19.0. The molecule has 2 unspecified atom stereocenters. The van der Waals surface area contributed by atoms with Gasteiger partial charge in [0.1, 0.15) is 0 Å². The summed E-state index contributed by atoms with van der Waals surface area (Å²) in [6.45, 7) is 9.51. The number of hydrogen-bond acceptors (Lipinski definition) is 6. The molecule has 0 bridgehead atoms. The van der Waals surface area contributed by atoms with Crippen molar-refractivity contribution in [1.82, 2.24) is 20.4 Å². The zero-order chi connectivity index (χ0) is 17.9. The number of likely N-dealkylation sites (N-methyl/N-ethyl adjacent to an activating group) is 2. The molecule has 2 N–H and O–H groups in total. The molecule has 4 nitrogen and oxygen atoms in total. The first-order valence-corrected chi connectivity index (χ1v) is 12.4. The molecule has 2 heterocycles. The average molecular weight is 395 g/mol. The van der Waals surface area contributed by atoms with E-state index in [-0.39, 0.29) is 0 Å². The molecule has 0 aromatic rings. The summed E-state index contributed by atoms with van der Waals surface area (Å²) < 4.78 is 0. The summed E-state index contributed by atoms with van der Waals surface area (Å²) >= 11 is 4.07. The first-order chi connectivity index (χ1) is 12.8. The Kier molecular flexibility index (Phi) is 6.44. The second kappa shape index (κ2) is 8.80. The summed E-state index contributed by atoms with van der Waals surface area (Å²) in [4.78, 5) is 8.80. The number of thioether (sulfide) groups is 2. The number of allylic oxidation sites excluding steroid dienone is 2. The maximum atomic E-state index is 3.56. The van der Waals surface area contributed by atoms with Crippen molar-refractivity contribution in [2.75, 3.05) is 37.9 Å². The van der Waals surface area contributed by atoms with Crippen molar-refractivity contribution in [2.45, 2.75) is 64.5 Å². The Morgan fingerprint density at radius 2 is 1.27 bits per heavy atom. The summed E-state index contributed by atoms with van der Waals surface area (Å²) in [5.74, 6) is 2.19. The van der Waals surface area contributed by atoms with Crippen LogP contribution >= 0.6 is 23.5 Å². The lowest BCUT2D eigenvalue weighted by atomic mass is 9.96. The highest BCUT2D eigenvalue weighted by molar-refractivity contribution is 8.03. The van der Waals surface area contributed by atoms with Gasteiger partial charge in [-0.15, -0.1) is 23.5 Å². The second-order valence-electron chi connectivity index (χ2n) is 7.78. The number of rotatable bonds is 7. The molecule has 0 saturated heterocycles. The van der Waals surface area contributed by atoms with Crippen LogP contribution in [0.4, 0.5) is 0 Å². The van der Waals surface area contributed by atoms with E-state index in [2.05, 4.69) is 34.3 Å². The number of hydrogen-bond donors (Lipinski definition) is 2. The molecule has 0 aromatic carbocycles. The third-order valence-corrected chi connectivity index (χ3v) is 8.65.